The predicted molar refractivity (Wildman–Crippen MR) is 108 cm³/mol. The molecule has 0 spiro atoms. The molecule has 1 heterocycles. The van der Waals surface area contributed by atoms with Gasteiger partial charge in [0.2, 0.25) is 11.0 Å². The van der Waals surface area contributed by atoms with E-state index in [1.54, 1.807) is 24.3 Å². The first kappa shape index (κ1) is 18.7. The van der Waals surface area contributed by atoms with Crippen LogP contribution in [0.4, 0.5) is 10.8 Å². The van der Waals surface area contributed by atoms with Gasteiger partial charge < -0.3 is 5.32 Å². The molecule has 0 unspecified atom stereocenters. The highest BCUT2D eigenvalue weighted by Crippen LogP contribution is 2.26. The molecule has 3 aromatic rings. The van der Waals surface area contributed by atoms with E-state index in [1.807, 2.05) is 44.2 Å². The Balaban J connectivity index is 1.67. The Morgan fingerprint density at radius 1 is 1.00 bits per heavy atom. The molecule has 0 bridgehead atoms. The molecule has 0 radical (unpaired) electrons. The average Bonchev–Trinajstić information content (AvgIpc) is 3.10. The number of benzene rings is 2. The number of hydrogen-bond donors (Lipinski definition) is 2. The van der Waals surface area contributed by atoms with Crippen LogP contribution in [0.5, 0.6) is 0 Å². The Kier molecular flexibility index (Phi) is 5.93. The second-order valence-electron chi connectivity index (χ2n) is 6.46. The van der Waals surface area contributed by atoms with Crippen molar-refractivity contribution in [3.05, 3.63) is 60.2 Å². The van der Waals surface area contributed by atoms with E-state index in [0.717, 1.165) is 10.6 Å². The van der Waals surface area contributed by atoms with E-state index in [1.165, 1.54) is 11.3 Å². The van der Waals surface area contributed by atoms with Gasteiger partial charge in [0.05, 0.1) is 0 Å². The maximum absolute atomic E-state index is 12.5. The number of nitrogens with zero attached hydrogens (tertiary/aromatic N) is 2. The fourth-order valence-corrected chi connectivity index (χ4v) is 3.21. The zero-order valence-electron chi connectivity index (χ0n) is 15.1. The molecule has 0 aliphatic rings. The van der Waals surface area contributed by atoms with Crippen LogP contribution in [0.2, 0.25) is 0 Å². The molecule has 0 fully saturated rings. The first-order chi connectivity index (χ1) is 13.0. The molecule has 2 N–H and O–H groups in total. The zero-order valence-corrected chi connectivity index (χ0v) is 15.9. The topological polar surface area (TPSA) is 84.0 Å². The number of anilines is 2. The van der Waals surface area contributed by atoms with E-state index >= 15 is 0 Å². The lowest BCUT2D eigenvalue weighted by Gasteiger charge is -2.08. The number of amides is 2. The van der Waals surface area contributed by atoms with Crippen molar-refractivity contribution in [3.63, 3.8) is 0 Å². The molecule has 1 aromatic heterocycles. The molecule has 2 aromatic carbocycles. The summed E-state index contributed by atoms with van der Waals surface area (Å²) in [7, 11) is 0. The van der Waals surface area contributed by atoms with Crippen LogP contribution in [-0.2, 0) is 4.79 Å². The van der Waals surface area contributed by atoms with E-state index in [0.29, 0.717) is 22.8 Å². The van der Waals surface area contributed by atoms with Gasteiger partial charge >= 0.3 is 0 Å². The third-order valence-electron chi connectivity index (χ3n) is 3.67. The van der Waals surface area contributed by atoms with E-state index in [9.17, 15) is 9.59 Å². The summed E-state index contributed by atoms with van der Waals surface area (Å²) in [4.78, 5) is 24.4. The van der Waals surface area contributed by atoms with Gasteiger partial charge in [-0.2, -0.15) is 0 Å². The van der Waals surface area contributed by atoms with Crippen molar-refractivity contribution in [1.29, 1.82) is 0 Å². The summed E-state index contributed by atoms with van der Waals surface area (Å²) in [5, 5.41) is 14.9. The highest BCUT2D eigenvalue weighted by Gasteiger charge is 2.12. The third kappa shape index (κ3) is 5.21. The molecule has 0 aliphatic heterocycles. The van der Waals surface area contributed by atoms with Crippen LogP contribution < -0.4 is 10.6 Å². The quantitative estimate of drug-likeness (QED) is 0.662. The first-order valence-electron chi connectivity index (χ1n) is 8.61. The fourth-order valence-electron chi connectivity index (χ4n) is 2.46. The van der Waals surface area contributed by atoms with Gasteiger partial charge in [0.1, 0.15) is 5.01 Å². The van der Waals surface area contributed by atoms with Crippen molar-refractivity contribution >= 4 is 34.0 Å². The van der Waals surface area contributed by atoms with Crippen LogP contribution in [0, 0.1) is 5.92 Å². The lowest BCUT2D eigenvalue weighted by atomic mass is 10.1. The molecule has 3 rings (SSSR count). The number of rotatable bonds is 6. The van der Waals surface area contributed by atoms with E-state index in [4.69, 9.17) is 0 Å². The van der Waals surface area contributed by atoms with Gasteiger partial charge in [0.25, 0.3) is 5.91 Å². The van der Waals surface area contributed by atoms with Crippen LogP contribution in [0.25, 0.3) is 10.6 Å². The van der Waals surface area contributed by atoms with Gasteiger partial charge in [0.15, 0.2) is 0 Å². The van der Waals surface area contributed by atoms with Crippen molar-refractivity contribution in [2.75, 3.05) is 10.6 Å². The molecule has 0 saturated heterocycles. The SMILES string of the molecule is CC(C)CC(=O)Nc1cccc(C(=O)Nc2nnc(-c3ccccc3)s2)c1. The van der Waals surface area contributed by atoms with Crippen molar-refractivity contribution in [3.8, 4) is 10.6 Å². The van der Waals surface area contributed by atoms with E-state index in [-0.39, 0.29) is 17.7 Å². The summed E-state index contributed by atoms with van der Waals surface area (Å²) in [6.45, 7) is 3.96. The summed E-state index contributed by atoms with van der Waals surface area (Å²) >= 11 is 1.31. The van der Waals surface area contributed by atoms with Crippen molar-refractivity contribution < 1.29 is 9.59 Å². The lowest BCUT2D eigenvalue weighted by Crippen LogP contribution is -2.15. The Bertz CT molecular complexity index is 938. The number of carbonyl (C=O) groups excluding carboxylic acids is 2. The molecule has 27 heavy (non-hydrogen) atoms. The van der Waals surface area contributed by atoms with Gasteiger partial charge in [-0.1, -0.05) is 61.6 Å². The van der Waals surface area contributed by atoms with Crippen LogP contribution in [0.1, 0.15) is 30.6 Å². The van der Waals surface area contributed by atoms with Gasteiger partial charge in [-0.05, 0) is 24.1 Å². The summed E-state index contributed by atoms with van der Waals surface area (Å²) in [5.74, 6) is -0.0994. The summed E-state index contributed by atoms with van der Waals surface area (Å²) in [5.41, 5.74) is 1.98. The predicted octanol–water partition coefficient (Wildman–Crippen LogP) is 4.44. The minimum absolute atomic E-state index is 0.0702. The number of nitrogens with one attached hydrogen (secondary N) is 2. The van der Waals surface area contributed by atoms with Crippen LogP contribution in [-0.4, -0.2) is 22.0 Å². The third-order valence-corrected chi connectivity index (χ3v) is 4.56. The summed E-state index contributed by atoms with van der Waals surface area (Å²) in [6, 6.07) is 16.5. The van der Waals surface area contributed by atoms with Gasteiger partial charge in [-0.15, -0.1) is 10.2 Å². The van der Waals surface area contributed by atoms with Crippen LogP contribution in [0.3, 0.4) is 0 Å². The van der Waals surface area contributed by atoms with E-state index in [2.05, 4.69) is 20.8 Å². The normalized spacial score (nSPS) is 10.6. The van der Waals surface area contributed by atoms with Crippen LogP contribution >= 0.6 is 11.3 Å². The van der Waals surface area contributed by atoms with Gasteiger partial charge in [-0.3, -0.25) is 14.9 Å². The fraction of sp³-hybridized carbons (Fsp3) is 0.200. The Morgan fingerprint density at radius 2 is 1.78 bits per heavy atom. The minimum atomic E-state index is -0.300. The van der Waals surface area contributed by atoms with Crippen molar-refractivity contribution in [2.24, 2.45) is 5.92 Å². The largest absolute Gasteiger partial charge is 0.326 e. The van der Waals surface area contributed by atoms with Crippen molar-refractivity contribution in [1.82, 2.24) is 10.2 Å². The van der Waals surface area contributed by atoms with E-state index < -0.39 is 0 Å². The maximum atomic E-state index is 12.5. The second kappa shape index (κ2) is 8.55. The Hall–Kier alpha value is -3.06. The molecular formula is C20H20N4O2S. The zero-order chi connectivity index (χ0) is 19.2. The molecule has 0 aliphatic carbocycles. The monoisotopic (exact) mass is 380 g/mol. The number of carbonyl (C=O) groups is 2. The minimum Gasteiger partial charge on any atom is -0.326 e. The standard InChI is InChI=1S/C20H20N4O2S/c1-13(2)11-17(25)21-16-10-6-9-15(12-16)18(26)22-20-24-23-19(27-20)14-7-4-3-5-8-14/h3-10,12-13H,11H2,1-2H3,(H,21,25)(H,22,24,26). The molecule has 7 heteroatoms. The van der Waals surface area contributed by atoms with Crippen LogP contribution in [0.15, 0.2) is 54.6 Å². The molecule has 0 atom stereocenters. The summed E-state index contributed by atoms with van der Waals surface area (Å²) < 4.78 is 0. The molecule has 138 valence electrons. The molecular weight excluding hydrogens is 360 g/mol. The highest BCUT2D eigenvalue weighted by molar-refractivity contribution is 7.18. The van der Waals surface area contributed by atoms with Crippen molar-refractivity contribution in [2.45, 2.75) is 20.3 Å². The molecule has 6 nitrogen and oxygen atoms in total. The summed E-state index contributed by atoms with van der Waals surface area (Å²) in [6.07, 6.45) is 0.434. The Labute approximate surface area is 161 Å². The molecule has 2 amide bonds. The first-order valence-corrected chi connectivity index (χ1v) is 9.43. The number of aromatic nitrogens is 2. The average molecular weight is 380 g/mol. The lowest BCUT2D eigenvalue weighted by molar-refractivity contribution is -0.116. The molecule has 0 saturated carbocycles. The Morgan fingerprint density at radius 3 is 2.52 bits per heavy atom. The highest BCUT2D eigenvalue weighted by atomic mass is 32.1. The second-order valence-corrected chi connectivity index (χ2v) is 7.44. The van der Waals surface area contributed by atoms with Gasteiger partial charge in [0, 0.05) is 23.2 Å². The smallest absolute Gasteiger partial charge is 0.257 e. The van der Waals surface area contributed by atoms with Gasteiger partial charge in [-0.25, -0.2) is 0 Å². The number of hydrogen-bond acceptors (Lipinski definition) is 5. The maximum Gasteiger partial charge on any atom is 0.257 e.